The van der Waals surface area contributed by atoms with Gasteiger partial charge in [0.1, 0.15) is 5.76 Å². The minimum absolute atomic E-state index is 0.202. The van der Waals surface area contributed by atoms with Gasteiger partial charge in [-0.1, -0.05) is 5.16 Å². The molecule has 0 atom stereocenters. The predicted octanol–water partition coefficient (Wildman–Crippen LogP) is -0.0678. The van der Waals surface area contributed by atoms with Crippen molar-refractivity contribution >= 4 is 5.91 Å². The number of nitrogens with zero attached hydrogens (tertiary/aromatic N) is 1. The van der Waals surface area contributed by atoms with Gasteiger partial charge in [0.2, 0.25) is 0 Å². The maximum Gasteiger partial charge on any atom is 0.273 e. The standard InChI is InChI=1S/C8H13N3O2/c1-6-5-7(11-13-6)8(12)10-4-3-9-2/h5,9H,3-4H2,1-2H3,(H,10,12). The van der Waals surface area contributed by atoms with Gasteiger partial charge in [0.25, 0.3) is 5.91 Å². The Morgan fingerprint density at radius 3 is 2.92 bits per heavy atom. The summed E-state index contributed by atoms with van der Waals surface area (Å²) < 4.78 is 4.77. The van der Waals surface area contributed by atoms with E-state index in [9.17, 15) is 4.79 Å². The summed E-state index contributed by atoms with van der Waals surface area (Å²) in [4.78, 5) is 11.3. The second-order valence-corrected chi connectivity index (χ2v) is 2.68. The molecule has 0 aliphatic carbocycles. The van der Waals surface area contributed by atoms with Crippen LogP contribution in [0.25, 0.3) is 0 Å². The van der Waals surface area contributed by atoms with Crippen molar-refractivity contribution in [2.24, 2.45) is 0 Å². The number of nitrogens with one attached hydrogen (secondary N) is 2. The number of aromatic nitrogens is 1. The summed E-state index contributed by atoms with van der Waals surface area (Å²) in [5.74, 6) is 0.436. The molecule has 0 fully saturated rings. The Bertz CT molecular complexity index is 283. The fourth-order valence-corrected chi connectivity index (χ4v) is 0.865. The molecule has 72 valence electrons. The minimum Gasteiger partial charge on any atom is -0.361 e. The van der Waals surface area contributed by atoms with E-state index < -0.39 is 0 Å². The van der Waals surface area contributed by atoms with Crippen LogP contribution >= 0.6 is 0 Å². The van der Waals surface area contributed by atoms with Gasteiger partial charge in [-0.15, -0.1) is 0 Å². The average molecular weight is 183 g/mol. The van der Waals surface area contributed by atoms with Crippen molar-refractivity contribution < 1.29 is 9.32 Å². The van der Waals surface area contributed by atoms with Crippen LogP contribution in [0, 0.1) is 6.92 Å². The van der Waals surface area contributed by atoms with E-state index in [1.165, 1.54) is 0 Å². The lowest BCUT2D eigenvalue weighted by Crippen LogP contribution is -2.30. The quantitative estimate of drug-likeness (QED) is 0.641. The Labute approximate surface area is 76.5 Å². The first-order valence-corrected chi connectivity index (χ1v) is 4.10. The van der Waals surface area contributed by atoms with E-state index in [-0.39, 0.29) is 5.91 Å². The Hall–Kier alpha value is -1.36. The van der Waals surface area contributed by atoms with E-state index in [0.29, 0.717) is 18.0 Å². The first kappa shape index (κ1) is 9.73. The van der Waals surface area contributed by atoms with E-state index in [4.69, 9.17) is 4.52 Å². The van der Waals surface area contributed by atoms with Gasteiger partial charge in [0.15, 0.2) is 5.69 Å². The molecule has 1 amide bonds. The number of carbonyl (C=O) groups is 1. The van der Waals surface area contributed by atoms with E-state index >= 15 is 0 Å². The largest absolute Gasteiger partial charge is 0.361 e. The van der Waals surface area contributed by atoms with Crippen molar-refractivity contribution in [3.8, 4) is 0 Å². The molecule has 1 rings (SSSR count). The van der Waals surface area contributed by atoms with Crippen molar-refractivity contribution in [2.45, 2.75) is 6.92 Å². The molecule has 1 aromatic rings. The third kappa shape index (κ3) is 2.87. The summed E-state index contributed by atoms with van der Waals surface area (Å²) in [6, 6.07) is 1.61. The highest BCUT2D eigenvalue weighted by Crippen LogP contribution is 2.00. The average Bonchev–Trinajstić information content (AvgIpc) is 2.52. The summed E-state index contributed by atoms with van der Waals surface area (Å²) in [7, 11) is 1.83. The molecule has 0 unspecified atom stereocenters. The molecule has 0 aliphatic rings. The van der Waals surface area contributed by atoms with Gasteiger partial charge < -0.3 is 15.2 Å². The molecule has 2 N–H and O–H groups in total. The summed E-state index contributed by atoms with van der Waals surface area (Å²) in [6.07, 6.45) is 0. The number of likely N-dealkylation sites (N-methyl/N-ethyl adjacent to an activating group) is 1. The van der Waals surface area contributed by atoms with Crippen LogP contribution in [0.15, 0.2) is 10.6 Å². The molecule has 0 saturated carbocycles. The van der Waals surface area contributed by atoms with Gasteiger partial charge >= 0.3 is 0 Å². The lowest BCUT2D eigenvalue weighted by molar-refractivity contribution is 0.0945. The van der Waals surface area contributed by atoms with Crippen LogP contribution in [0.4, 0.5) is 0 Å². The molecular formula is C8H13N3O2. The molecule has 5 heteroatoms. The molecule has 1 heterocycles. The number of hydrogen-bond donors (Lipinski definition) is 2. The fraction of sp³-hybridized carbons (Fsp3) is 0.500. The first-order valence-electron chi connectivity index (χ1n) is 4.10. The van der Waals surface area contributed by atoms with Gasteiger partial charge in [0.05, 0.1) is 0 Å². The number of carbonyl (C=O) groups excluding carboxylic acids is 1. The third-order valence-electron chi connectivity index (χ3n) is 1.52. The van der Waals surface area contributed by atoms with Crippen LogP contribution in [0.1, 0.15) is 16.2 Å². The summed E-state index contributed by atoms with van der Waals surface area (Å²) >= 11 is 0. The van der Waals surface area contributed by atoms with Crippen LogP contribution in [0.3, 0.4) is 0 Å². The van der Waals surface area contributed by atoms with Gasteiger partial charge in [0, 0.05) is 19.2 Å². The van der Waals surface area contributed by atoms with Crippen LogP contribution in [0.5, 0.6) is 0 Å². The van der Waals surface area contributed by atoms with Gasteiger partial charge in [-0.25, -0.2) is 0 Å². The molecule has 0 aliphatic heterocycles. The number of rotatable bonds is 4. The highest BCUT2D eigenvalue weighted by Gasteiger charge is 2.08. The predicted molar refractivity (Wildman–Crippen MR) is 47.5 cm³/mol. The molecule has 5 nitrogen and oxygen atoms in total. The minimum atomic E-state index is -0.202. The zero-order chi connectivity index (χ0) is 9.68. The zero-order valence-electron chi connectivity index (χ0n) is 7.76. The Morgan fingerprint density at radius 2 is 2.38 bits per heavy atom. The summed E-state index contributed by atoms with van der Waals surface area (Å²) in [5, 5.41) is 9.20. The number of amides is 1. The fourth-order valence-electron chi connectivity index (χ4n) is 0.865. The Morgan fingerprint density at radius 1 is 1.62 bits per heavy atom. The second kappa shape index (κ2) is 4.61. The van der Waals surface area contributed by atoms with E-state index in [2.05, 4.69) is 15.8 Å². The molecule has 1 aromatic heterocycles. The van der Waals surface area contributed by atoms with E-state index in [1.54, 1.807) is 13.0 Å². The van der Waals surface area contributed by atoms with E-state index in [0.717, 1.165) is 6.54 Å². The first-order chi connectivity index (χ1) is 6.24. The normalized spacial score (nSPS) is 10.0. The smallest absolute Gasteiger partial charge is 0.273 e. The molecule has 0 aromatic carbocycles. The van der Waals surface area contributed by atoms with Crippen LogP contribution in [0.2, 0.25) is 0 Å². The Kier molecular flexibility index (Phi) is 3.45. The van der Waals surface area contributed by atoms with Crippen molar-refractivity contribution in [3.63, 3.8) is 0 Å². The maximum atomic E-state index is 11.3. The summed E-state index contributed by atoms with van der Waals surface area (Å²) in [6.45, 7) is 3.07. The van der Waals surface area contributed by atoms with Gasteiger partial charge in [-0.05, 0) is 14.0 Å². The lowest BCUT2D eigenvalue weighted by Gasteiger charge is -2.00. The number of aryl methyl sites for hydroxylation is 1. The van der Waals surface area contributed by atoms with Crippen LogP contribution < -0.4 is 10.6 Å². The third-order valence-corrected chi connectivity index (χ3v) is 1.52. The van der Waals surface area contributed by atoms with Crippen LogP contribution in [-0.4, -0.2) is 31.2 Å². The van der Waals surface area contributed by atoms with Crippen molar-refractivity contribution in [2.75, 3.05) is 20.1 Å². The van der Waals surface area contributed by atoms with Crippen molar-refractivity contribution in [3.05, 3.63) is 17.5 Å². The van der Waals surface area contributed by atoms with Gasteiger partial charge in [-0.2, -0.15) is 0 Å². The molecule has 13 heavy (non-hydrogen) atoms. The number of hydrogen-bond acceptors (Lipinski definition) is 4. The Balaban J connectivity index is 2.40. The molecule has 0 spiro atoms. The highest BCUT2D eigenvalue weighted by molar-refractivity contribution is 5.92. The molecular weight excluding hydrogens is 170 g/mol. The van der Waals surface area contributed by atoms with Crippen molar-refractivity contribution in [1.82, 2.24) is 15.8 Å². The van der Waals surface area contributed by atoms with Gasteiger partial charge in [-0.3, -0.25) is 4.79 Å². The topological polar surface area (TPSA) is 67.2 Å². The lowest BCUT2D eigenvalue weighted by atomic mass is 10.3. The monoisotopic (exact) mass is 183 g/mol. The summed E-state index contributed by atoms with van der Waals surface area (Å²) in [5.41, 5.74) is 0.327. The molecule has 0 radical (unpaired) electrons. The van der Waals surface area contributed by atoms with E-state index in [1.807, 2.05) is 7.05 Å². The highest BCUT2D eigenvalue weighted by atomic mass is 16.5. The SMILES string of the molecule is CNCCNC(=O)c1cc(C)on1. The zero-order valence-corrected chi connectivity index (χ0v) is 7.76. The van der Waals surface area contributed by atoms with Crippen molar-refractivity contribution in [1.29, 1.82) is 0 Å². The molecule has 0 saturated heterocycles. The second-order valence-electron chi connectivity index (χ2n) is 2.68. The molecule has 0 bridgehead atoms. The van der Waals surface area contributed by atoms with Crippen LogP contribution in [-0.2, 0) is 0 Å². The maximum absolute atomic E-state index is 11.3.